The van der Waals surface area contributed by atoms with Gasteiger partial charge in [-0.15, -0.1) is 0 Å². The third-order valence-electron chi connectivity index (χ3n) is 4.19. The number of carbonyl (C=O) groups excluding carboxylic acids is 1. The van der Waals surface area contributed by atoms with Gasteiger partial charge in [-0.25, -0.2) is 0 Å². The minimum absolute atomic E-state index is 0.0569. The summed E-state index contributed by atoms with van der Waals surface area (Å²) in [5.74, 6) is -0.0569. The van der Waals surface area contributed by atoms with Crippen LogP contribution < -0.4 is 5.32 Å². The maximum Gasteiger partial charge on any atom is 0.225 e. The van der Waals surface area contributed by atoms with Crippen LogP contribution in [0, 0.1) is 11.3 Å². The molecule has 0 aromatic heterocycles. The van der Waals surface area contributed by atoms with Crippen LogP contribution in [0.4, 0.5) is 5.69 Å². The lowest BCUT2D eigenvalue weighted by molar-refractivity contribution is -0.116. The summed E-state index contributed by atoms with van der Waals surface area (Å²) >= 11 is 5.96. The van der Waals surface area contributed by atoms with Crippen LogP contribution in [-0.4, -0.2) is 41.7 Å². The summed E-state index contributed by atoms with van der Waals surface area (Å²) in [4.78, 5) is 14.4. The molecule has 1 aliphatic rings. The molecule has 1 aliphatic heterocycles. The average molecular weight is 336 g/mol. The first-order chi connectivity index (χ1) is 11.1. The van der Waals surface area contributed by atoms with Crippen molar-refractivity contribution < 1.29 is 9.90 Å². The van der Waals surface area contributed by atoms with E-state index in [2.05, 4.69) is 10.2 Å². The highest BCUT2D eigenvalue weighted by atomic mass is 35.5. The Bertz CT molecular complexity index is 586. The van der Waals surface area contributed by atoms with Crippen molar-refractivity contribution in [2.45, 2.75) is 38.1 Å². The molecule has 1 aromatic carbocycles. The van der Waals surface area contributed by atoms with Crippen molar-refractivity contribution >= 4 is 23.2 Å². The van der Waals surface area contributed by atoms with E-state index in [0.29, 0.717) is 28.7 Å². The lowest BCUT2D eigenvalue weighted by Crippen LogP contribution is -2.32. The van der Waals surface area contributed by atoms with Crippen LogP contribution in [-0.2, 0) is 4.79 Å². The Hall–Kier alpha value is -1.61. The van der Waals surface area contributed by atoms with Gasteiger partial charge >= 0.3 is 0 Å². The van der Waals surface area contributed by atoms with E-state index in [1.807, 2.05) is 6.07 Å². The van der Waals surface area contributed by atoms with Gasteiger partial charge in [0.1, 0.15) is 6.07 Å². The van der Waals surface area contributed by atoms with Crippen LogP contribution in [0.2, 0.25) is 5.02 Å². The predicted molar refractivity (Wildman–Crippen MR) is 90.3 cm³/mol. The fourth-order valence-electron chi connectivity index (χ4n) is 3.00. The molecule has 0 spiro atoms. The number of hydrogen-bond acceptors (Lipinski definition) is 4. The number of hydrogen-bond donors (Lipinski definition) is 2. The van der Waals surface area contributed by atoms with E-state index < -0.39 is 0 Å². The minimum atomic E-state index is -0.0569. The molecule has 6 heteroatoms. The molecule has 1 fully saturated rings. The first-order valence-corrected chi connectivity index (χ1v) is 8.36. The van der Waals surface area contributed by atoms with Gasteiger partial charge in [0.15, 0.2) is 0 Å². The van der Waals surface area contributed by atoms with E-state index in [1.54, 1.807) is 18.2 Å². The van der Waals surface area contributed by atoms with Crippen LogP contribution in [0.5, 0.6) is 0 Å². The Balaban J connectivity index is 1.81. The van der Waals surface area contributed by atoms with Gasteiger partial charge in [-0.1, -0.05) is 11.6 Å². The SMILES string of the molecule is N#Cc1ccc(NC(=O)CCN2CCCC2CCCO)cc1Cl. The van der Waals surface area contributed by atoms with E-state index in [1.165, 1.54) is 0 Å². The van der Waals surface area contributed by atoms with E-state index in [0.717, 1.165) is 38.8 Å². The molecule has 2 rings (SSSR count). The smallest absolute Gasteiger partial charge is 0.225 e. The number of aliphatic hydroxyl groups excluding tert-OH is 1. The minimum Gasteiger partial charge on any atom is -0.396 e. The average Bonchev–Trinajstić information content (AvgIpc) is 2.98. The number of aliphatic hydroxyl groups is 1. The van der Waals surface area contributed by atoms with E-state index in [4.69, 9.17) is 22.0 Å². The van der Waals surface area contributed by atoms with Crippen LogP contribution in [0.25, 0.3) is 0 Å². The maximum atomic E-state index is 12.1. The highest BCUT2D eigenvalue weighted by molar-refractivity contribution is 6.32. The molecular weight excluding hydrogens is 314 g/mol. The van der Waals surface area contributed by atoms with E-state index in [9.17, 15) is 4.79 Å². The van der Waals surface area contributed by atoms with Gasteiger partial charge < -0.3 is 10.4 Å². The zero-order valence-electron chi connectivity index (χ0n) is 13.1. The molecule has 0 bridgehead atoms. The van der Waals surface area contributed by atoms with Gasteiger partial charge in [0.05, 0.1) is 10.6 Å². The van der Waals surface area contributed by atoms with Crippen LogP contribution in [0.1, 0.15) is 37.7 Å². The highest BCUT2D eigenvalue weighted by Crippen LogP contribution is 2.22. The Labute approximate surface area is 141 Å². The molecule has 5 nitrogen and oxygen atoms in total. The summed E-state index contributed by atoms with van der Waals surface area (Å²) in [6.45, 7) is 1.97. The Morgan fingerprint density at radius 2 is 2.35 bits per heavy atom. The number of amides is 1. The number of halogens is 1. The van der Waals surface area contributed by atoms with Crippen LogP contribution in [0.15, 0.2) is 18.2 Å². The van der Waals surface area contributed by atoms with Gasteiger partial charge in [0.25, 0.3) is 0 Å². The zero-order valence-corrected chi connectivity index (χ0v) is 13.9. The zero-order chi connectivity index (χ0) is 16.7. The van der Waals surface area contributed by atoms with Crippen LogP contribution in [0.3, 0.4) is 0 Å². The molecule has 1 unspecified atom stereocenters. The Kier molecular flexibility index (Phi) is 6.85. The summed E-state index contributed by atoms with van der Waals surface area (Å²) < 4.78 is 0. The molecule has 124 valence electrons. The number of nitrogens with zero attached hydrogens (tertiary/aromatic N) is 2. The van der Waals surface area contributed by atoms with Crippen molar-refractivity contribution in [1.29, 1.82) is 5.26 Å². The van der Waals surface area contributed by atoms with Gasteiger partial charge in [-0.2, -0.15) is 5.26 Å². The second-order valence-corrected chi connectivity index (χ2v) is 6.21. The molecule has 23 heavy (non-hydrogen) atoms. The third kappa shape index (κ3) is 5.21. The number of likely N-dealkylation sites (tertiary alicyclic amines) is 1. The van der Waals surface area contributed by atoms with Crippen LogP contribution >= 0.6 is 11.6 Å². The highest BCUT2D eigenvalue weighted by Gasteiger charge is 2.24. The van der Waals surface area contributed by atoms with E-state index in [-0.39, 0.29) is 12.5 Å². The first-order valence-electron chi connectivity index (χ1n) is 7.98. The molecule has 1 heterocycles. The largest absolute Gasteiger partial charge is 0.396 e. The quantitative estimate of drug-likeness (QED) is 0.803. The topological polar surface area (TPSA) is 76.4 Å². The van der Waals surface area contributed by atoms with Crippen molar-refractivity contribution in [2.75, 3.05) is 25.0 Å². The lowest BCUT2D eigenvalue weighted by atomic mass is 10.1. The summed E-state index contributed by atoms with van der Waals surface area (Å²) in [6.07, 6.45) is 4.53. The van der Waals surface area contributed by atoms with Crippen molar-refractivity contribution in [3.8, 4) is 6.07 Å². The standard InChI is InChI=1S/C17H22ClN3O2/c18-16-11-14(6-5-13(16)12-19)20-17(23)7-9-21-8-1-3-15(21)4-2-10-22/h5-6,11,15,22H,1-4,7-10H2,(H,20,23). The second kappa shape index (κ2) is 8.88. The summed E-state index contributed by atoms with van der Waals surface area (Å²) in [7, 11) is 0. The number of nitrogens with one attached hydrogen (secondary N) is 1. The summed E-state index contributed by atoms with van der Waals surface area (Å²) in [5.41, 5.74) is 1.01. The van der Waals surface area contributed by atoms with E-state index >= 15 is 0 Å². The van der Waals surface area contributed by atoms with Crippen molar-refractivity contribution in [2.24, 2.45) is 0 Å². The fraction of sp³-hybridized carbons (Fsp3) is 0.529. The summed E-state index contributed by atoms with van der Waals surface area (Å²) in [5, 5.41) is 20.9. The van der Waals surface area contributed by atoms with Crippen molar-refractivity contribution in [1.82, 2.24) is 4.90 Å². The Morgan fingerprint density at radius 3 is 3.04 bits per heavy atom. The number of nitriles is 1. The van der Waals surface area contributed by atoms with Gasteiger partial charge in [0, 0.05) is 31.3 Å². The molecule has 2 N–H and O–H groups in total. The first kappa shape index (κ1) is 17.7. The van der Waals surface area contributed by atoms with Gasteiger partial charge in [-0.05, 0) is 50.4 Å². The monoisotopic (exact) mass is 335 g/mol. The molecule has 1 aromatic rings. The molecule has 0 saturated carbocycles. The molecular formula is C17H22ClN3O2. The molecule has 1 amide bonds. The Morgan fingerprint density at radius 1 is 1.52 bits per heavy atom. The normalized spacial score (nSPS) is 17.9. The molecule has 0 aliphatic carbocycles. The molecule has 1 saturated heterocycles. The number of carbonyl (C=O) groups is 1. The molecule has 0 radical (unpaired) electrons. The number of rotatable bonds is 7. The summed E-state index contributed by atoms with van der Waals surface area (Å²) in [6, 6.07) is 7.35. The second-order valence-electron chi connectivity index (χ2n) is 5.80. The fourth-order valence-corrected chi connectivity index (χ4v) is 3.22. The lowest BCUT2D eigenvalue weighted by Gasteiger charge is -2.23. The van der Waals surface area contributed by atoms with Crippen molar-refractivity contribution in [3.63, 3.8) is 0 Å². The number of benzene rings is 1. The molecule has 1 atom stereocenters. The van der Waals surface area contributed by atoms with Gasteiger partial charge in [0.2, 0.25) is 5.91 Å². The maximum absolute atomic E-state index is 12.1. The number of anilines is 1. The predicted octanol–water partition coefficient (Wildman–Crippen LogP) is 2.78. The van der Waals surface area contributed by atoms with Gasteiger partial charge in [-0.3, -0.25) is 9.69 Å². The van der Waals surface area contributed by atoms with Crippen molar-refractivity contribution in [3.05, 3.63) is 28.8 Å². The third-order valence-corrected chi connectivity index (χ3v) is 4.51.